The summed E-state index contributed by atoms with van der Waals surface area (Å²) in [5.41, 5.74) is 2.51. The van der Waals surface area contributed by atoms with Crippen molar-refractivity contribution in [1.82, 2.24) is 5.32 Å². The van der Waals surface area contributed by atoms with Crippen LogP contribution >= 0.6 is 15.9 Å². The van der Waals surface area contributed by atoms with Crippen LogP contribution in [0.1, 0.15) is 31.2 Å². The Morgan fingerprint density at radius 2 is 1.94 bits per heavy atom. The van der Waals surface area contributed by atoms with Gasteiger partial charge < -0.3 is 10.6 Å². The van der Waals surface area contributed by atoms with Gasteiger partial charge in [0.2, 0.25) is 0 Å². The van der Waals surface area contributed by atoms with Crippen LogP contribution in [0, 0.1) is 12.8 Å². The minimum atomic E-state index is 0.743. The number of halogens is 1. The first-order valence-corrected chi connectivity index (χ1v) is 7.65. The van der Waals surface area contributed by atoms with E-state index < -0.39 is 0 Å². The highest BCUT2D eigenvalue weighted by molar-refractivity contribution is 9.10. The fourth-order valence-electron chi connectivity index (χ4n) is 2.67. The van der Waals surface area contributed by atoms with Crippen molar-refractivity contribution in [3.63, 3.8) is 0 Å². The molecule has 18 heavy (non-hydrogen) atoms. The first kappa shape index (κ1) is 13.9. The van der Waals surface area contributed by atoms with Crippen molar-refractivity contribution in [2.45, 2.75) is 38.6 Å². The Balaban J connectivity index is 1.81. The summed E-state index contributed by atoms with van der Waals surface area (Å²) in [6, 6.07) is 7.23. The van der Waals surface area contributed by atoms with E-state index in [1.165, 1.54) is 41.4 Å². The van der Waals surface area contributed by atoms with Crippen molar-refractivity contribution in [3.8, 4) is 0 Å². The lowest BCUT2D eigenvalue weighted by Gasteiger charge is -2.28. The Bertz CT molecular complexity index is 384. The summed E-state index contributed by atoms with van der Waals surface area (Å²) < 4.78 is 1.17. The van der Waals surface area contributed by atoms with E-state index in [0.717, 1.165) is 18.5 Å². The maximum absolute atomic E-state index is 3.62. The molecule has 0 aromatic heterocycles. The highest BCUT2D eigenvalue weighted by atomic mass is 79.9. The van der Waals surface area contributed by atoms with E-state index in [-0.39, 0.29) is 0 Å². The fraction of sp³-hybridized carbons (Fsp3) is 0.600. The number of hydrogen-bond acceptors (Lipinski definition) is 2. The molecule has 2 rings (SSSR count). The van der Waals surface area contributed by atoms with Gasteiger partial charge in [0.25, 0.3) is 0 Å². The molecule has 2 nitrogen and oxygen atoms in total. The minimum Gasteiger partial charge on any atom is -0.384 e. The molecule has 1 aliphatic rings. The van der Waals surface area contributed by atoms with Crippen LogP contribution in [-0.2, 0) is 0 Å². The third kappa shape index (κ3) is 3.72. The zero-order valence-corrected chi connectivity index (χ0v) is 12.9. The van der Waals surface area contributed by atoms with Crippen molar-refractivity contribution in [3.05, 3.63) is 28.2 Å². The van der Waals surface area contributed by atoms with Crippen molar-refractivity contribution in [2.75, 3.05) is 18.9 Å². The molecule has 100 valence electrons. The fourth-order valence-corrected chi connectivity index (χ4v) is 3.31. The van der Waals surface area contributed by atoms with Crippen LogP contribution in [0.5, 0.6) is 0 Å². The molecule has 0 radical (unpaired) electrons. The monoisotopic (exact) mass is 310 g/mol. The number of aryl methyl sites for hydroxylation is 1. The maximum Gasteiger partial charge on any atom is 0.0484 e. The minimum absolute atomic E-state index is 0.743. The highest BCUT2D eigenvalue weighted by Crippen LogP contribution is 2.27. The van der Waals surface area contributed by atoms with E-state index >= 15 is 0 Å². The Kier molecular flexibility index (Phi) is 5.07. The summed E-state index contributed by atoms with van der Waals surface area (Å²) >= 11 is 3.62. The Morgan fingerprint density at radius 1 is 1.22 bits per heavy atom. The molecule has 0 unspecified atom stereocenters. The van der Waals surface area contributed by atoms with Crippen molar-refractivity contribution in [1.29, 1.82) is 0 Å². The van der Waals surface area contributed by atoms with Gasteiger partial charge >= 0.3 is 0 Å². The standard InChI is InChI=1S/C15H23BrN2/c1-11-3-8-15(14(16)9-11)18-10-12-4-6-13(17-2)7-5-12/h3,8-9,12-13,17-18H,4-7,10H2,1-2H3. The van der Waals surface area contributed by atoms with Crippen molar-refractivity contribution >= 4 is 21.6 Å². The molecule has 0 bridgehead atoms. The summed E-state index contributed by atoms with van der Waals surface area (Å²) in [6.07, 6.45) is 5.31. The largest absolute Gasteiger partial charge is 0.384 e. The third-order valence-corrected chi connectivity index (χ3v) is 4.62. The molecule has 3 heteroatoms. The Hall–Kier alpha value is -0.540. The average Bonchev–Trinajstić information content (AvgIpc) is 2.38. The summed E-state index contributed by atoms with van der Waals surface area (Å²) in [6.45, 7) is 3.21. The number of benzene rings is 1. The maximum atomic E-state index is 3.62. The Labute approximate surface area is 119 Å². The lowest BCUT2D eigenvalue weighted by molar-refractivity contribution is 0.312. The van der Waals surface area contributed by atoms with Crippen LogP contribution in [0.25, 0.3) is 0 Å². The van der Waals surface area contributed by atoms with Gasteiger partial charge in [0.1, 0.15) is 0 Å². The molecular formula is C15H23BrN2. The molecule has 1 aliphatic carbocycles. The molecule has 1 saturated carbocycles. The molecule has 0 atom stereocenters. The quantitative estimate of drug-likeness (QED) is 0.880. The smallest absolute Gasteiger partial charge is 0.0484 e. The van der Waals surface area contributed by atoms with Gasteiger partial charge in [0, 0.05) is 22.7 Å². The molecule has 1 aromatic carbocycles. The van der Waals surface area contributed by atoms with Crippen LogP contribution in [0.2, 0.25) is 0 Å². The molecule has 1 aromatic rings. The second-order valence-corrected chi connectivity index (χ2v) is 6.22. The Morgan fingerprint density at radius 3 is 2.56 bits per heavy atom. The molecule has 0 saturated heterocycles. The normalized spacial score (nSPS) is 23.9. The number of anilines is 1. The number of rotatable bonds is 4. The summed E-state index contributed by atoms with van der Waals surface area (Å²) in [5.74, 6) is 0.822. The van der Waals surface area contributed by atoms with Crippen molar-refractivity contribution < 1.29 is 0 Å². The van der Waals surface area contributed by atoms with E-state index in [4.69, 9.17) is 0 Å². The van der Waals surface area contributed by atoms with Gasteiger partial charge in [-0.25, -0.2) is 0 Å². The first-order chi connectivity index (χ1) is 8.69. The van der Waals surface area contributed by atoms with Crippen LogP contribution in [0.4, 0.5) is 5.69 Å². The molecule has 0 aliphatic heterocycles. The second kappa shape index (κ2) is 6.58. The van der Waals surface area contributed by atoms with E-state index in [2.05, 4.69) is 58.7 Å². The second-order valence-electron chi connectivity index (χ2n) is 5.37. The molecule has 0 amide bonds. The van der Waals surface area contributed by atoms with Crippen LogP contribution in [0.15, 0.2) is 22.7 Å². The van der Waals surface area contributed by atoms with Crippen molar-refractivity contribution in [2.24, 2.45) is 5.92 Å². The zero-order valence-electron chi connectivity index (χ0n) is 11.3. The summed E-state index contributed by atoms with van der Waals surface area (Å²) in [7, 11) is 2.08. The van der Waals surface area contributed by atoms with Gasteiger partial charge in [-0.2, -0.15) is 0 Å². The van der Waals surface area contributed by atoms with Crippen LogP contribution < -0.4 is 10.6 Å². The van der Waals surface area contributed by atoms with Gasteiger partial charge in [-0.1, -0.05) is 6.07 Å². The number of hydrogen-bond donors (Lipinski definition) is 2. The molecule has 0 heterocycles. The van der Waals surface area contributed by atoms with Gasteiger partial charge in [-0.3, -0.25) is 0 Å². The third-order valence-electron chi connectivity index (χ3n) is 3.96. The van der Waals surface area contributed by atoms with Gasteiger partial charge in [0.15, 0.2) is 0 Å². The van der Waals surface area contributed by atoms with Gasteiger partial charge in [0.05, 0.1) is 0 Å². The lowest BCUT2D eigenvalue weighted by Crippen LogP contribution is -2.32. The highest BCUT2D eigenvalue weighted by Gasteiger charge is 2.19. The van der Waals surface area contributed by atoms with E-state index in [1.807, 2.05) is 0 Å². The summed E-state index contributed by atoms with van der Waals surface area (Å²) in [4.78, 5) is 0. The van der Waals surface area contributed by atoms with Crippen LogP contribution in [-0.4, -0.2) is 19.6 Å². The first-order valence-electron chi connectivity index (χ1n) is 6.86. The summed E-state index contributed by atoms with van der Waals surface area (Å²) in [5, 5.41) is 6.96. The average molecular weight is 311 g/mol. The molecule has 1 fully saturated rings. The van der Waals surface area contributed by atoms with Gasteiger partial charge in [-0.05, 0) is 79.2 Å². The predicted molar refractivity (Wildman–Crippen MR) is 82.2 cm³/mol. The topological polar surface area (TPSA) is 24.1 Å². The molecule has 0 spiro atoms. The van der Waals surface area contributed by atoms with E-state index in [0.29, 0.717) is 0 Å². The SMILES string of the molecule is CNC1CCC(CNc2ccc(C)cc2Br)CC1. The predicted octanol–water partition coefficient (Wildman–Crippen LogP) is 3.95. The van der Waals surface area contributed by atoms with Gasteiger partial charge in [-0.15, -0.1) is 0 Å². The molecule has 2 N–H and O–H groups in total. The van der Waals surface area contributed by atoms with E-state index in [9.17, 15) is 0 Å². The van der Waals surface area contributed by atoms with Crippen LogP contribution in [0.3, 0.4) is 0 Å². The zero-order chi connectivity index (χ0) is 13.0. The lowest BCUT2D eigenvalue weighted by atomic mass is 9.86. The molecular weight excluding hydrogens is 288 g/mol. The number of nitrogens with one attached hydrogen (secondary N) is 2. The van der Waals surface area contributed by atoms with E-state index in [1.54, 1.807) is 0 Å².